The van der Waals surface area contributed by atoms with Crippen LogP contribution in [-0.4, -0.2) is 56.1 Å². The molecule has 0 radical (unpaired) electrons. The van der Waals surface area contributed by atoms with Crippen LogP contribution in [0.4, 0.5) is 0 Å². The number of likely N-dealkylation sites (tertiary alicyclic amines) is 1. The Morgan fingerprint density at radius 3 is 2.64 bits per heavy atom. The Morgan fingerprint density at radius 2 is 2.00 bits per heavy atom. The summed E-state index contributed by atoms with van der Waals surface area (Å²) in [5.41, 5.74) is 1.23. The summed E-state index contributed by atoms with van der Waals surface area (Å²) >= 11 is 8.11. The monoisotopic (exact) mass is 496 g/mol. The Kier molecular flexibility index (Phi) is 11.9. The molecule has 2 rings (SSSR count). The molecule has 1 saturated heterocycles. The first kappa shape index (κ1) is 22.9. The van der Waals surface area contributed by atoms with Gasteiger partial charge in [0.05, 0.1) is 0 Å². The molecule has 1 aromatic rings. The largest absolute Gasteiger partial charge is 0.356 e. The number of aliphatic imine (C=N–C) groups is 1. The fourth-order valence-corrected chi connectivity index (χ4v) is 3.45. The lowest BCUT2D eigenvalue weighted by molar-refractivity contribution is 0.178. The number of halogens is 2. The average molecular weight is 497 g/mol. The van der Waals surface area contributed by atoms with E-state index in [0.717, 1.165) is 49.5 Å². The maximum Gasteiger partial charge on any atom is 0.191 e. The van der Waals surface area contributed by atoms with Crippen molar-refractivity contribution < 1.29 is 0 Å². The maximum atomic E-state index is 6.27. The van der Waals surface area contributed by atoms with Crippen molar-refractivity contribution in [2.24, 2.45) is 10.9 Å². The zero-order valence-corrected chi connectivity index (χ0v) is 19.0. The molecule has 0 unspecified atom stereocenters. The van der Waals surface area contributed by atoms with E-state index in [0.29, 0.717) is 5.92 Å². The van der Waals surface area contributed by atoms with Gasteiger partial charge in [-0.05, 0) is 49.7 Å². The first-order valence-electron chi connectivity index (χ1n) is 8.62. The second-order valence-electron chi connectivity index (χ2n) is 6.18. The van der Waals surface area contributed by atoms with E-state index in [9.17, 15) is 0 Å². The third-order valence-electron chi connectivity index (χ3n) is 4.44. The second-order valence-corrected chi connectivity index (χ2v) is 7.58. The van der Waals surface area contributed by atoms with Crippen LogP contribution in [-0.2, 0) is 6.54 Å². The topological polar surface area (TPSA) is 39.7 Å². The molecule has 1 heterocycles. The number of hydrogen-bond donors (Lipinski definition) is 2. The molecule has 7 heteroatoms. The first-order chi connectivity index (χ1) is 11.7. The summed E-state index contributed by atoms with van der Waals surface area (Å²) in [6, 6.07) is 8.15. The van der Waals surface area contributed by atoms with Gasteiger partial charge in [0.2, 0.25) is 0 Å². The fourth-order valence-electron chi connectivity index (χ4n) is 2.95. The predicted molar refractivity (Wildman–Crippen MR) is 123 cm³/mol. The van der Waals surface area contributed by atoms with Crippen LogP contribution in [0.15, 0.2) is 29.3 Å². The molecule has 0 bridgehead atoms. The van der Waals surface area contributed by atoms with Crippen LogP contribution < -0.4 is 10.6 Å². The van der Waals surface area contributed by atoms with Crippen LogP contribution in [0.25, 0.3) is 0 Å². The lowest BCUT2D eigenvalue weighted by Gasteiger charge is -2.32. The molecule has 0 amide bonds. The summed E-state index contributed by atoms with van der Waals surface area (Å²) < 4.78 is 0. The van der Waals surface area contributed by atoms with Gasteiger partial charge in [-0.15, -0.1) is 24.0 Å². The number of thioether (sulfide) groups is 1. The lowest BCUT2D eigenvalue weighted by Crippen LogP contribution is -2.43. The quantitative estimate of drug-likeness (QED) is 0.261. The predicted octanol–water partition coefficient (Wildman–Crippen LogP) is 3.70. The first-order valence-corrected chi connectivity index (χ1v) is 10.4. The molecular formula is C18H30ClIN4S. The summed E-state index contributed by atoms with van der Waals surface area (Å²) in [5, 5.41) is 7.69. The van der Waals surface area contributed by atoms with Gasteiger partial charge in [0.15, 0.2) is 5.96 Å². The van der Waals surface area contributed by atoms with E-state index in [4.69, 9.17) is 11.6 Å². The molecule has 2 N–H and O–H groups in total. The van der Waals surface area contributed by atoms with Crippen molar-refractivity contribution in [1.82, 2.24) is 15.5 Å². The summed E-state index contributed by atoms with van der Waals surface area (Å²) in [5.74, 6) is 2.73. The van der Waals surface area contributed by atoms with Gasteiger partial charge < -0.3 is 10.6 Å². The molecule has 0 aliphatic carbocycles. The van der Waals surface area contributed by atoms with Crippen molar-refractivity contribution in [3.63, 3.8) is 0 Å². The van der Waals surface area contributed by atoms with Gasteiger partial charge in [0.25, 0.3) is 0 Å². The highest BCUT2D eigenvalue weighted by Gasteiger charge is 2.19. The SMILES string of the molecule is CN=C(NCCSC)NCC1CCN(Cc2ccccc2Cl)CC1.I. The summed E-state index contributed by atoms with van der Waals surface area (Å²) in [7, 11) is 1.83. The smallest absolute Gasteiger partial charge is 0.191 e. The standard InChI is InChI=1S/C18H29ClN4S.HI/c1-20-18(21-9-12-24-2)22-13-15-7-10-23(11-8-15)14-16-5-3-4-6-17(16)19;/h3-6,15H,7-14H2,1-2H3,(H2,20,21,22);1H. The lowest BCUT2D eigenvalue weighted by atomic mass is 9.96. The van der Waals surface area contributed by atoms with E-state index in [1.807, 2.05) is 30.9 Å². The van der Waals surface area contributed by atoms with E-state index in [-0.39, 0.29) is 24.0 Å². The Morgan fingerprint density at radius 1 is 1.28 bits per heavy atom. The molecule has 1 aliphatic rings. The Balaban J connectivity index is 0.00000312. The third kappa shape index (κ3) is 8.37. The van der Waals surface area contributed by atoms with Crippen LogP contribution in [0, 0.1) is 5.92 Å². The zero-order chi connectivity index (χ0) is 17.2. The van der Waals surface area contributed by atoms with Crippen molar-refractivity contribution in [2.45, 2.75) is 19.4 Å². The molecule has 1 aromatic carbocycles. The minimum absolute atomic E-state index is 0. The molecule has 0 aromatic heterocycles. The molecule has 0 saturated carbocycles. The van der Waals surface area contributed by atoms with Gasteiger partial charge in [0.1, 0.15) is 0 Å². The fraction of sp³-hybridized carbons (Fsp3) is 0.611. The van der Waals surface area contributed by atoms with Gasteiger partial charge in [-0.25, -0.2) is 0 Å². The summed E-state index contributed by atoms with van der Waals surface area (Å²) in [6.07, 6.45) is 4.56. The van der Waals surface area contributed by atoms with Crippen molar-refractivity contribution in [2.75, 3.05) is 45.2 Å². The Hall–Kier alpha value is -0.180. The van der Waals surface area contributed by atoms with Crippen LogP contribution in [0.5, 0.6) is 0 Å². The van der Waals surface area contributed by atoms with Gasteiger partial charge >= 0.3 is 0 Å². The minimum Gasteiger partial charge on any atom is -0.356 e. The molecule has 142 valence electrons. The molecule has 25 heavy (non-hydrogen) atoms. The molecule has 1 fully saturated rings. The number of guanidine groups is 1. The average Bonchev–Trinajstić information content (AvgIpc) is 2.61. The second kappa shape index (κ2) is 13.1. The number of nitrogens with one attached hydrogen (secondary N) is 2. The van der Waals surface area contributed by atoms with Gasteiger partial charge in [0, 0.05) is 37.5 Å². The van der Waals surface area contributed by atoms with Gasteiger partial charge in [-0.3, -0.25) is 9.89 Å². The van der Waals surface area contributed by atoms with Crippen LogP contribution in [0.3, 0.4) is 0 Å². The Labute approximate surface area is 178 Å². The molecule has 4 nitrogen and oxygen atoms in total. The maximum absolute atomic E-state index is 6.27. The third-order valence-corrected chi connectivity index (χ3v) is 5.42. The highest BCUT2D eigenvalue weighted by Crippen LogP contribution is 2.21. The van der Waals surface area contributed by atoms with Gasteiger partial charge in [-0.1, -0.05) is 29.8 Å². The molecule has 0 atom stereocenters. The number of piperidine rings is 1. The van der Waals surface area contributed by atoms with E-state index >= 15 is 0 Å². The highest BCUT2D eigenvalue weighted by molar-refractivity contribution is 14.0. The summed E-state index contributed by atoms with van der Waals surface area (Å²) in [4.78, 5) is 6.79. The number of benzene rings is 1. The van der Waals surface area contributed by atoms with Crippen LogP contribution >= 0.6 is 47.3 Å². The number of nitrogens with zero attached hydrogens (tertiary/aromatic N) is 2. The van der Waals surface area contributed by atoms with Crippen LogP contribution in [0.2, 0.25) is 5.02 Å². The van der Waals surface area contributed by atoms with Gasteiger partial charge in [-0.2, -0.15) is 11.8 Å². The van der Waals surface area contributed by atoms with Crippen molar-refractivity contribution >= 4 is 53.3 Å². The molecule has 1 aliphatic heterocycles. The highest BCUT2D eigenvalue weighted by atomic mass is 127. The van der Waals surface area contributed by atoms with Crippen LogP contribution in [0.1, 0.15) is 18.4 Å². The van der Waals surface area contributed by atoms with Crippen molar-refractivity contribution in [3.8, 4) is 0 Å². The number of rotatable bonds is 7. The van der Waals surface area contributed by atoms with E-state index < -0.39 is 0 Å². The van der Waals surface area contributed by atoms with Crippen molar-refractivity contribution in [1.29, 1.82) is 0 Å². The zero-order valence-electron chi connectivity index (χ0n) is 15.1. The van der Waals surface area contributed by atoms with E-state index in [1.165, 1.54) is 18.4 Å². The normalized spacial score (nSPS) is 16.4. The molecule has 0 spiro atoms. The number of hydrogen-bond acceptors (Lipinski definition) is 3. The van der Waals surface area contributed by atoms with E-state index in [1.54, 1.807) is 0 Å². The summed E-state index contributed by atoms with van der Waals surface area (Å²) in [6.45, 7) is 5.18. The van der Waals surface area contributed by atoms with Crippen molar-refractivity contribution in [3.05, 3.63) is 34.9 Å². The molecular weight excluding hydrogens is 467 g/mol. The Bertz CT molecular complexity index is 522. The minimum atomic E-state index is 0. The van der Waals surface area contributed by atoms with E-state index in [2.05, 4.69) is 38.9 Å².